The first-order valence-electron chi connectivity index (χ1n) is 6.16. The van der Waals surface area contributed by atoms with Crippen molar-refractivity contribution in [1.82, 2.24) is 20.1 Å². The average Bonchev–Trinajstić information content (AvgIpc) is 2.83. The van der Waals surface area contributed by atoms with Gasteiger partial charge in [-0.05, 0) is 25.2 Å². The summed E-state index contributed by atoms with van der Waals surface area (Å²) in [5.74, 6) is 2.20. The van der Waals surface area contributed by atoms with Crippen molar-refractivity contribution < 1.29 is 0 Å². The summed E-state index contributed by atoms with van der Waals surface area (Å²) < 4.78 is 1.65. The van der Waals surface area contributed by atoms with Gasteiger partial charge in [0.2, 0.25) is 5.95 Å². The van der Waals surface area contributed by atoms with E-state index in [9.17, 15) is 0 Å². The monoisotopic (exact) mass is 221 g/mol. The molecule has 0 amide bonds. The summed E-state index contributed by atoms with van der Waals surface area (Å²) in [6, 6.07) is 1.00. The lowest BCUT2D eigenvalue weighted by Crippen LogP contribution is -2.30. The molecule has 0 bridgehead atoms. The summed E-state index contributed by atoms with van der Waals surface area (Å²) in [6.45, 7) is 0. The Morgan fingerprint density at radius 2 is 2.19 bits per heavy atom. The minimum Gasteiger partial charge on any atom is -0.368 e. The van der Waals surface area contributed by atoms with Gasteiger partial charge in [0.25, 0.3) is 0 Å². The molecule has 1 saturated carbocycles. The van der Waals surface area contributed by atoms with Crippen molar-refractivity contribution in [1.29, 1.82) is 0 Å². The second-order valence-corrected chi connectivity index (χ2v) is 5.06. The standard InChI is InChI=1S/C11H19N5/c1-16-11(12)14-10(15-16)9-6-7-4-2-3-5-8(7)13-9/h7-9,13H,2-6H2,1H3,(H2,12,14,15). The van der Waals surface area contributed by atoms with Crippen LogP contribution in [-0.2, 0) is 7.05 Å². The summed E-state index contributed by atoms with van der Waals surface area (Å²) in [6.07, 6.45) is 6.58. The minimum atomic E-state index is 0.316. The smallest absolute Gasteiger partial charge is 0.218 e. The van der Waals surface area contributed by atoms with Crippen LogP contribution in [0.5, 0.6) is 0 Å². The molecule has 0 radical (unpaired) electrons. The van der Waals surface area contributed by atoms with Gasteiger partial charge in [-0.1, -0.05) is 12.8 Å². The van der Waals surface area contributed by atoms with Gasteiger partial charge in [-0.2, -0.15) is 10.1 Å². The van der Waals surface area contributed by atoms with E-state index in [0.717, 1.165) is 11.7 Å². The van der Waals surface area contributed by atoms with Gasteiger partial charge in [-0.3, -0.25) is 0 Å². The molecule has 2 aliphatic rings. The largest absolute Gasteiger partial charge is 0.368 e. The quantitative estimate of drug-likeness (QED) is 0.742. The molecule has 1 aromatic heterocycles. The van der Waals surface area contributed by atoms with E-state index in [1.807, 2.05) is 7.05 Å². The van der Waals surface area contributed by atoms with Gasteiger partial charge in [-0.15, -0.1) is 0 Å². The zero-order valence-corrected chi connectivity index (χ0v) is 9.69. The number of aromatic nitrogens is 3. The van der Waals surface area contributed by atoms with Gasteiger partial charge in [0.05, 0.1) is 6.04 Å². The summed E-state index contributed by atoms with van der Waals surface area (Å²) in [5.41, 5.74) is 5.72. The second-order valence-electron chi connectivity index (χ2n) is 5.06. The van der Waals surface area contributed by atoms with E-state index in [0.29, 0.717) is 18.0 Å². The maximum atomic E-state index is 5.72. The molecule has 3 atom stereocenters. The van der Waals surface area contributed by atoms with Gasteiger partial charge in [0.1, 0.15) is 0 Å². The summed E-state index contributed by atoms with van der Waals surface area (Å²) >= 11 is 0. The van der Waals surface area contributed by atoms with E-state index in [2.05, 4.69) is 15.4 Å². The minimum absolute atomic E-state index is 0.316. The van der Waals surface area contributed by atoms with Crippen molar-refractivity contribution in [2.45, 2.75) is 44.2 Å². The van der Waals surface area contributed by atoms with E-state index < -0.39 is 0 Å². The van der Waals surface area contributed by atoms with Gasteiger partial charge in [0.15, 0.2) is 5.82 Å². The molecule has 0 spiro atoms. The Morgan fingerprint density at radius 3 is 2.88 bits per heavy atom. The molecule has 3 rings (SSSR count). The molecule has 1 aromatic rings. The highest BCUT2D eigenvalue weighted by Crippen LogP contribution is 2.38. The van der Waals surface area contributed by atoms with Crippen molar-refractivity contribution in [2.24, 2.45) is 13.0 Å². The average molecular weight is 221 g/mol. The topological polar surface area (TPSA) is 68.8 Å². The third-order valence-electron chi connectivity index (χ3n) is 3.99. The number of aryl methyl sites for hydroxylation is 1. The molecular weight excluding hydrogens is 202 g/mol. The lowest BCUT2D eigenvalue weighted by molar-refractivity contribution is 0.325. The number of nitrogens with two attached hydrogens (primary N) is 1. The van der Waals surface area contributed by atoms with Crippen molar-refractivity contribution >= 4 is 5.95 Å². The molecule has 1 saturated heterocycles. The molecule has 88 valence electrons. The van der Waals surface area contributed by atoms with Crippen LogP contribution in [0.3, 0.4) is 0 Å². The van der Waals surface area contributed by atoms with E-state index >= 15 is 0 Å². The first kappa shape index (κ1) is 10.1. The molecule has 1 aliphatic carbocycles. The van der Waals surface area contributed by atoms with Gasteiger partial charge in [-0.25, -0.2) is 4.68 Å². The zero-order valence-electron chi connectivity index (χ0n) is 9.69. The number of nitrogen functional groups attached to an aromatic ring is 1. The molecule has 5 heteroatoms. The van der Waals surface area contributed by atoms with Crippen LogP contribution in [0.25, 0.3) is 0 Å². The molecule has 3 N–H and O–H groups in total. The van der Waals surface area contributed by atoms with E-state index in [1.165, 1.54) is 32.1 Å². The number of hydrogen-bond donors (Lipinski definition) is 2. The highest BCUT2D eigenvalue weighted by atomic mass is 15.4. The van der Waals surface area contributed by atoms with Crippen LogP contribution < -0.4 is 11.1 Å². The molecule has 16 heavy (non-hydrogen) atoms. The Hall–Kier alpha value is -1.10. The van der Waals surface area contributed by atoms with Crippen molar-refractivity contribution in [3.05, 3.63) is 5.82 Å². The second kappa shape index (κ2) is 3.73. The number of nitrogens with zero attached hydrogens (tertiary/aromatic N) is 3. The molecule has 5 nitrogen and oxygen atoms in total. The highest BCUT2D eigenvalue weighted by molar-refractivity contribution is 5.17. The Bertz CT molecular complexity index is 352. The lowest BCUT2D eigenvalue weighted by Gasteiger charge is -2.24. The van der Waals surface area contributed by atoms with Gasteiger partial charge in [0, 0.05) is 13.1 Å². The zero-order chi connectivity index (χ0) is 11.1. The van der Waals surface area contributed by atoms with Gasteiger partial charge >= 0.3 is 0 Å². The van der Waals surface area contributed by atoms with E-state index in [4.69, 9.17) is 5.73 Å². The Balaban J connectivity index is 1.77. The number of rotatable bonds is 1. The van der Waals surface area contributed by atoms with Crippen LogP contribution in [0, 0.1) is 5.92 Å². The molecule has 1 aliphatic heterocycles. The molecule has 2 heterocycles. The first-order chi connectivity index (χ1) is 7.74. The first-order valence-corrected chi connectivity index (χ1v) is 6.16. The predicted molar refractivity (Wildman–Crippen MR) is 61.7 cm³/mol. The predicted octanol–water partition coefficient (Wildman–Crippen LogP) is 0.990. The number of fused-ring (bicyclic) bond motifs is 1. The number of nitrogens with one attached hydrogen (secondary N) is 1. The van der Waals surface area contributed by atoms with E-state index in [-0.39, 0.29) is 0 Å². The highest BCUT2D eigenvalue weighted by Gasteiger charge is 2.37. The Labute approximate surface area is 95.4 Å². The summed E-state index contributed by atoms with van der Waals surface area (Å²) in [7, 11) is 1.84. The van der Waals surface area contributed by atoms with Crippen LogP contribution in [-0.4, -0.2) is 20.8 Å². The number of anilines is 1. The molecular formula is C11H19N5. The van der Waals surface area contributed by atoms with Crippen LogP contribution in [0.2, 0.25) is 0 Å². The van der Waals surface area contributed by atoms with Crippen molar-refractivity contribution in [3.8, 4) is 0 Å². The third kappa shape index (κ3) is 1.59. The summed E-state index contributed by atoms with van der Waals surface area (Å²) in [5, 5.41) is 8.02. The molecule has 0 aromatic carbocycles. The fraction of sp³-hybridized carbons (Fsp3) is 0.818. The fourth-order valence-electron chi connectivity index (χ4n) is 3.08. The fourth-order valence-corrected chi connectivity index (χ4v) is 3.08. The van der Waals surface area contributed by atoms with Crippen molar-refractivity contribution in [2.75, 3.05) is 5.73 Å². The van der Waals surface area contributed by atoms with Crippen LogP contribution in [0.1, 0.15) is 44.0 Å². The van der Waals surface area contributed by atoms with Gasteiger partial charge < -0.3 is 11.1 Å². The molecule has 2 fully saturated rings. The van der Waals surface area contributed by atoms with E-state index in [1.54, 1.807) is 4.68 Å². The maximum absolute atomic E-state index is 5.72. The molecule has 3 unspecified atom stereocenters. The van der Waals surface area contributed by atoms with Crippen LogP contribution in [0.4, 0.5) is 5.95 Å². The van der Waals surface area contributed by atoms with Crippen LogP contribution in [0.15, 0.2) is 0 Å². The van der Waals surface area contributed by atoms with Crippen LogP contribution >= 0.6 is 0 Å². The Morgan fingerprint density at radius 1 is 1.38 bits per heavy atom. The Kier molecular flexibility index (Phi) is 2.35. The third-order valence-corrected chi connectivity index (χ3v) is 3.99. The van der Waals surface area contributed by atoms with Crippen molar-refractivity contribution in [3.63, 3.8) is 0 Å². The number of hydrogen-bond acceptors (Lipinski definition) is 4. The SMILES string of the molecule is Cn1nc(C2CC3CCCCC3N2)nc1N. The summed E-state index contributed by atoms with van der Waals surface area (Å²) in [4.78, 5) is 4.32. The normalized spacial score (nSPS) is 33.9. The lowest BCUT2D eigenvalue weighted by atomic mass is 9.85. The maximum Gasteiger partial charge on any atom is 0.218 e.